The van der Waals surface area contributed by atoms with Gasteiger partial charge in [-0.3, -0.25) is 9.59 Å². The van der Waals surface area contributed by atoms with E-state index >= 15 is 0 Å². The molecular weight excluding hydrogens is 300 g/mol. The third-order valence-corrected chi connectivity index (χ3v) is 3.72. The van der Waals surface area contributed by atoms with Crippen molar-refractivity contribution in [2.75, 3.05) is 5.32 Å². The van der Waals surface area contributed by atoms with Crippen LogP contribution in [0.1, 0.15) is 30.5 Å². The molecular formula is C20H24N2O2. The van der Waals surface area contributed by atoms with Crippen LogP contribution in [0.4, 0.5) is 5.69 Å². The average molecular weight is 324 g/mol. The Hall–Kier alpha value is -2.62. The minimum atomic E-state index is -0.0502. The van der Waals surface area contributed by atoms with Gasteiger partial charge in [0, 0.05) is 18.2 Å². The number of amides is 2. The van der Waals surface area contributed by atoms with E-state index < -0.39 is 0 Å². The summed E-state index contributed by atoms with van der Waals surface area (Å²) in [4.78, 5) is 23.6. The summed E-state index contributed by atoms with van der Waals surface area (Å²) < 4.78 is 0. The minimum Gasteiger partial charge on any atom is -0.352 e. The van der Waals surface area contributed by atoms with Crippen LogP contribution in [0.3, 0.4) is 0 Å². The van der Waals surface area contributed by atoms with E-state index in [9.17, 15) is 9.59 Å². The van der Waals surface area contributed by atoms with E-state index in [2.05, 4.69) is 10.6 Å². The summed E-state index contributed by atoms with van der Waals surface area (Å²) in [6.45, 7) is 6.21. The van der Waals surface area contributed by atoms with Crippen molar-refractivity contribution >= 4 is 17.5 Å². The van der Waals surface area contributed by atoms with Crippen LogP contribution in [0, 0.1) is 12.8 Å². The molecule has 4 heteroatoms. The third kappa shape index (κ3) is 5.54. The second-order valence-corrected chi connectivity index (χ2v) is 6.28. The SMILES string of the molecule is Cc1ccc(CC(=O)NCc2ccc(NC(=O)C(C)C)cc2)cc1. The molecule has 0 aliphatic heterocycles. The maximum Gasteiger partial charge on any atom is 0.226 e. The van der Waals surface area contributed by atoms with Crippen molar-refractivity contribution in [1.29, 1.82) is 0 Å². The molecule has 0 unspecified atom stereocenters. The minimum absolute atomic E-state index is 0.00367. The second-order valence-electron chi connectivity index (χ2n) is 6.28. The van der Waals surface area contributed by atoms with Crippen LogP contribution in [0.15, 0.2) is 48.5 Å². The molecule has 0 spiro atoms. The van der Waals surface area contributed by atoms with Gasteiger partial charge in [-0.05, 0) is 30.2 Å². The van der Waals surface area contributed by atoms with Crippen molar-refractivity contribution in [3.63, 3.8) is 0 Å². The molecule has 2 aromatic rings. The number of carbonyl (C=O) groups excluding carboxylic acids is 2. The molecule has 0 aliphatic rings. The summed E-state index contributed by atoms with van der Waals surface area (Å²) in [7, 11) is 0. The first-order valence-corrected chi connectivity index (χ1v) is 8.16. The van der Waals surface area contributed by atoms with Gasteiger partial charge in [0.25, 0.3) is 0 Å². The van der Waals surface area contributed by atoms with Crippen molar-refractivity contribution in [2.24, 2.45) is 5.92 Å². The number of aryl methyl sites for hydroxylation is 1. The highest BCUT2D eigenvalue weighted by atomic mass is 16.2. The summed E-state index contributed by atoms with van der Waals surface area (Å²) in [6, 6.07) is 15.5. The van der Waals surface area contributed by atoms with Crippen LogP contribution >= 0.6 is 0 Å². The molecule has 0 aliphatic carbocycles. The number of anilines is 1. The lowest BCUT2D eigenvalue weighted by Crippen LogP contribution is -2.24. The molecule has 0 aromatic heterocycles. The van der Waals surface area contributed by atoms with Crippen molar-refractivity contribution in [3.05, 3.63) is 65.2 Å². The van der Waals surface area contributed by atoms with Crippen LogP contribution < -0.4 is 10.6 Å². The van der Waals surface area contributed by atoms with Gasteiger partial charge in [0.2, 0.25) is 11.8 Å². The van der Waals surface area contributed by atoms with Gasteiger partial charge >= 0.3 is 0 Å². The van der Waals surface area contributed by atoms with Crippen LogP contribution in [-0.2, 0) is 22.6 Å². The molecule has 2 aromatic carbocycles. The Morgan fingerprint density at radius 3 is 2.08 bits per heavy atom. The molecule has 126 valence electrons. The number of hydrogen-bond acceptors (Lipinski definition) is 2. The van der Waals surface area contributed by atoms with Crippen molar-refractivity contribution in [1.82, 2.24) is 5.32 Å². The summed E-state index contributed by atoms with van der Waals surface area (Å²) in [5.41, 5.74) is 3.95. The zero-order valence-electron chi connectivity index (χ0n) is 14.4. The van der Waals surface area contributed by atoms with E-state index in [-0.39, 0.29) is 17.7 Å². The number of benzene rings is 2. The Labute approximate surface area is 143 Å². The summed E-state index contributed by atoms with van der Waals surface area (Å²) in [5, 5.41) is 5.76. The monoisotopic (exact) mass is 324 g/mol. The topological polar surface area (TPSA) is 58.2 Å². The molecule has 0 heterocycles. The van der Waals surface area contributed by atoms with Crippen LogP contribution in [0.5, 0.6) is 0 Å². The Morgan fingerprint density at radius 1 is 0.917 bits per heavy atom. The zero-order valence-corrected chi connectivity index (χ0v) is 14.4. The van der Waals surface area contributed by atoms with Gasteiger partial charge in [-0.1, -0.05) is 55.8 Å². The Kier molecular flexibility index (Phi) is 6.13. The molecule has 0 fully saturated rings. The number of carbonyl (C=O) groups is 2. The lowest BCUT2D eigenvalue weighted by molar-refractivity contribution is -0.120. The normalized spacial score (nSPS) is 10.5. The highest BCUT2D eigenvalue weighted by Crippen LogP contribution is 2.11. The van der Waals surface area contributed by atoms with Crippen molar-refractivity contribution in [2.45, 2.75) is 33.7 Å². The average Bonchev–Trinajstić information content (AvgIpc) is 2.56. The van der Waals surface area contributed by atoms with E-state index in [0.717, 1.165) is 16.8 Å². The van der Waals surface area contributed by atoms with Crippen molar-refractivity contribution in [3.8, 4) is 0 Å². The quantitative estimate of drug-likeness (QED) is 0.855. The van der Waals surface area contributed by atoms with Gasteiger partial charge < -0.3 is 10.6 Å². The fraction of sp³-hybridized carbons (Fsp3) is 0.300. The molecule has 0 radical (unpaired) electrons. The molecule has 2 rings (SSSR count). The molecule has 0 bridgehead atoms. The van der Waals surface area contributed by atoms with Crippen LogP contribution in [0.25, 0.3) is 0 Å². The van der Waals surface area contributed by atoms with Crippen molar-refractivity contribution < 1.29 is 9.59 Å². The smallest absolute Gasteiger partial charge is 0.226 e. The largest absolute Gasteiger partial charge is 0.352 e. The van der Waals surface area contributed by atoms with E-state index in [1.807, 2.05) is 69.3 Å². The first kappa shape index (κ1) is 17.7. The van der Waals surface area contributed by atoms with Crippen LogP contribution in [-0.4, -0.2) is 11.8 Å². The van der Waals surface area contributed by atoms with Gasteiger partial charge in [-0.2, -0.15) is 0 Å². The van der Waals surface area contributed by atoms with E-state index in [4.69, 9.17) is 0 Å². The number of rotatable bonds is 6. The van der Waals surface area contributed by atoms with Gasteiger partial charge in [0.1, 0.15) is 0 Å². The Bertz CT molecular complexity index is 689. The van der Waals surface area contributed by atoms with E-state index in [1.54, 1.807) is 0 Å². The zero-order chi connectivity index (χ0) is 17.5. The summed E-state index contributed by atoms with van der Waals surface area (Å²) in [5.74, 6) is -0.0593. The Balaban J connectivity index is 1.82. The lowest BCUT2D eigenvalue weighted by Gasteiger charge is -2.09. The molecule has 0 atom stereocenters. The Morgan fingerprint density at radius 2 is 1.50 bits per heavy atom. The number of nitrogens with one attached hydrogen (secondary N) is 2. The molecule has 0 saturated heterocycles. The lowest BCUT2D eigenvalue weighted by atomic mass is 10.1. The molecule has 4 nitrogen and oxygen atoms in total. The third-order valence-electron chi connectivity index (χ3n) is 3.72. The maximum absolute atomic E-state index is 12.0. The number of hydrogen-bond donors (Lipinski definition) is 2. The van der Waals surface area contributed by atoms with Crippen LogP contribution in [0.2, 0.25) is 0 Å². The standard InChI is InChI=1S/C20H24N2O2/c1-14(2)20(24)22-18-10-8-17(9-11-18)13-21-19(23)12-16-6-4-15(3)5-7-16/h4-11,14H,12-13H2,1-3H3,(H,21,23)(H,22,24). The van der Waals surface area contributed by atoms with Gasteiger partial charge in [-0.25, -0.2) is 0 Å². The van der Waals surface area contributed by atoms with Gasteiger partial charge in [-0.15, -0.1) is 0 Å². The molecule has 2 amide bonds. The second kappa shape index (κ2) is 8.29. The highest BCUT2D eigenvalue weighted by Gasteiger charge is 2.07. The van der Waals surface area contributed by atoms with Gasteiger partial charge in [0.15, 0.2) is 0 Å². The molecule has 24 heavy (non-hydrogen) atoms. The highest BCUT2D eigenvalue weighted by molar-refractivity contribution is 5.92. The van der Waals surface area contributed by atoms with Gasteiger partial charge in [0.05, 0.1) is 6.42 Å². The first-order chi connectivity index (χ1) is 11.4. The summed E-state index contributed by atoms with van der Waals surface area (Å²) in [6.07, 6.45) is 0.378. The van der Waals surface area contributed by atoms with E-state index in [1.165, 1.54) is 5.56 Å². The summed E-state index contributed by atoms with van der Waals surface area (Å²) >= 11 is 0. The maximum atomic E-state index is 12.0. The molecule has 2 N–H and O–H groups in total. The van der Waals surface area contributed by atoms with E-state index in [0.29, 0.717) is 13.0 Å². The fourth-order valence-corrected chi connectivity index (χ4v) is 2.15. The fourth-order valence-electron chi connectivity index (χ4n) is 2.15. The predicted octanol–water partition coefficient (Wildman–Crippen LogP) is 3.45. The molecule has 0 saturated carbocycles. The predicted molar refractivity (Wildman–Crippen MR) is 96.6 cm³/mol. The first-order valence-electron chi connectivity index (χ1n) is 8.16.